The molecule has 1 fully saturated rings. The molecule has 0 aliphatic carbocycles. The van der Waals surface area contributed by atoms with Gasteiger partial charge in [-0.25, -0.2) is 0 Å². The third kappa shape index (κ3) is 5.65. The Labute approximate surface area is 161 Å². The normalized spacial score (nSPS) is 17.2. The summed E-state index contributed by atoms with van der Waals surface area (Å²) >= 11 is 0. The number of carbonyl (C=O) groups is 1. The van der Waals surface area contributed by atoms with Crippen LogP contribution in [0.2, 0.25) is 0 Å². The summed E-state index contributed by atoms with van der Waals surface area (Å²) < 4.78 is 11.2. The first kappa shape index (κ1) is 19.6. The van der Waals surface area contributed by atoms with Gasteiger partial charge in [-0.1, -0.05) is 35.5 Å². The van der Waals surface area contributed by atoms with Gasteiger partial charge in [-0.2, -0.15) is 0 Å². The number of rotatable bonds is 8. The highest BCUT2D eigenvalue weighted by molar-refractivity contribution is 5.92. The van der Waals surface area contributed by atoms with Crippen LogP contribution in [0.3, 0.4) is 0 Å². The van der Waals surface area contributed by atoms with Crippen molar-refractivity contribution < 1.29 is 14.1 Å². The second-order valence-electron chi connectivity index (χ2n) is 7.17. The molecule has 27 heavy (non-hydrogen) atoms. The maximum atomic E-state index is 12.8. The van der Waals surface area contributed by atoms with Gasteiger partial charge in [-0.05, 0) is 38.8 Å². The van der Waals surface area contributed by atoms with Crippen LogP contribution in [0.5, 0.6) is 0 Å². The van der Waals surface area contributed by atoms with Crippen LogP contribution < -0.4 is 0 Å². The monoisotopic (exact) mass is 371 g/mol. The Hall–Kier alpha value is -2.18. The summed E-state index contributed by atoms with van der Waals surface area (Å²) in [7, 11) is 2.02. The standard InChI is InChI=1S/C21H29N3O3/c1-3-24(16-18-11-7-8-12-26-18)21(25)20-13-19(27-22-20)15-23(2)14-17-9-5-4-6-10-17/h4-6,9-10,13,18H,3,7-8,11-12,14-16H2,1-2H3/t18-/m1/s1. The summed E-state index contributed by atoms with van der Waals surface area (Å²) in [5.74, 6) is 0.606. The smallest absolute Gasteiger partial charge is 0.276 e. The first-order chi connectivity index (χ1) is 13.2. The van der Waals surface area contributed by atoms with E-state index in [0.29, 0.717) is 31.1 Å². The van der Waals surface area contributed by atoms with Gasteiger partial charge in [0.2, 0.25) is 0 Å². The van der Waals surface area contributed by atoms with Crippen molar-refractivity contribution in [2.45, 2.75) is 45.4 Å². The SMILES string of the molecule is CCN(C[C@H]1CCCCO1)C(=O)c1cc(CN(C)Cc2ccccc2)on1. The zero-order valence-corrected chi connectivity index (χ0v) is 16.3. The number of hydrogen-bond donors (Lipinski definition) is 0. The second kappa shape index (κ2) is 9.67. The van der Waals surface area contributed by atoms with E-state index in [-0.39, 0.29) is 12.0 Å². The lowest BCUT2D eigenvalue weighted by molar-refractivity contribution is -0.00330. The van der Waals surface area contributed by atoms with E-state index >= 15 is 0 Å². The lowest BCUT2D eigenvalue weighted by Crippen LogP contribution is -2.39. The molecule has 1 saturated heterocycles. The van der Waals surface area contributed by atoms with Crippen molar-refractivity contribution in [3.63, 3.8) is 0 Å². The maximum Gasteiger partial charge on any atom is 0.276 e. The lowest BCUT2D eigenvalue weighted by atomic mass is 10.1. The molecule has 0 radical (unpaired) electrons. The molecule has 1 aromatic carbocycles. The third-order valence-electron chi connectivity index (χ3n) is 4.87. The topological polar surface area (TPSA) is 58.8 Å². The van der Waals surface area contributed by atoms with Crippen molar-refractivity contribution in [3.05, 3.63) is 53.4 Å². The van der Waals surface area contributed by atoms with Crippen LogP contribution in [0.4, 0.5) is 0 Å². The summed E-state index contributed by atoms with van der Waals surface area (Å²) in [6.07, 6.45) is 3.42. The fraction of sp³-hybridized carbons (Fsp3) is 0.524. The van der Waals surface area contributed by atoms with Crippen molar-refractivity contribution in [3.8, 4) is 0 Å². The molecular weight excluding hydrogens is 342 g/mol. The predicted molar refractivity (Wildman–Crippen MR) is 103 cm³/mol. The molecule has 1 aliphatic rings. The van der Waals surface area contributed by atoms with Gasteiger partial charge in [-0.3, -0.25) is 9.69 Å². The summed E-state index contributed by atoms with van der Waals surface area (Å²) in [5, 5.41) is 4.00. The molecule has 0 saturated carbocycles. The van der Waals surface area contributed by atoms with Gasteiger partial charge in [0.1, 0.15) is 0 Å². The number of hydrogen-bond acceptors (Lipinski definition) is 5. The largest absolute Gasteiger partial charge is 0.376 e. The van der Waals surface area contributed by atoms with E-state index in [0.717, 1.165) is 32.4 Å². The number of ether oxygens (including phenoxy) is 1. The van der Waals surface area contributed by atoms with Crippen molar-refractivity contribution in [1.29, 1.82) is 0 Å². The average Bonchev–Trinajstić information content (AvgIpc) is 3.15. The lowest BCUT2D eigenvalue weighted by Gasteiger charge is -2.28. The van der Waals surface area contributed by atoms with Gasteiger partial charge in [0.25, 0.3) is 5.91 Å². The molecular formula is C21H29N3O3. The van der Waals surface area contributed by atoms with Crippen molar-refractivity contribution >= 4 is 5.91 Å². The Bertz CT molecular complexity index is 710. The Balaban J connectivity index is 1.55. The van der Waals surface area contributed by atoms with Crippen LogP contribution in [0.25, 0.3) is 0 Å². The van der Waals surface area contributed by atoms with Crippen LogP contribution in [-0.2, 0) is 17.8 Å². The molecule has 3 rings (SSSR count). The predicted octanol–water partition coefficient (Wildman–Crippen LogP) is 3.34. The quantitative estimate of drug-likeness (QED) is 0.712. The van der Waals surface area contributed by atoms with E-state index in [9.17, 15) is 4.79 Å². The molecule has 146 valence electrons. The van der Waals surface area contributed by atoms with Crippen LogP contribution in [0, 0.1) is 0 Å². The number of amides is 1. The van der Waals surface area contributed by atoms with Crippen LogP contribution in [0.1, 0.15) is 48.0 Å². The Morgan fingerprint density at radius 1 is 1.22 bits per heavy atom. The van der Waals surface area contributed by atoms with E-state index in [1.807, 2.05) is 32.2 Å². The summed E-state index contributed by atoms with van der Waals surface area (Å²) in [6.45, 7) is 5.44. The van der Waals surface area contributed by atoms with Crippen LogP contribution >= 0.6 is 0 Å². The molecule has 6 nitrogen and oxygen atoms in total. The van der Waals surface area contributed by atoms with Crippen LogP contribution in [0.15, 0.2) is 40.9 Å². The maximum absolute atomic E-state index is 12.8. The fourth-order valence-corrected chi connectivity index (χ4v) is 3.42. The molecule has 1 amide bonds. The Morgan fingerprint density at radius 2 is 2.04 bits per heavy atom. The highest BCUT2D eigenvalue weighted by Gasteiger charge is 2.23. The summed E-state index contributed by atoms with van der Waals surface area (Å²) in [6, 6.07) is 12.0. The molecule has 0 spiro atoms. The average molecular weight is 371 g/mol. The van der Waals surface area contributed by atoms with Crippen molar-refractivity contribution in [1.82, 2.24) is 15.0 Å². The number of likely N-dealkylation sites (N-methyl/N-ethyl adjacent to an activating group) is 1. The zero-order chi connectivity index (χ0) is 19.1. The minimum atomic E-state index is -0.0904. The molecule has 1 aromatic heterocycles. The molecule has 0 unspecified atom stereocenters. The van der Waals surface area contributed by atoms with Crippen molar-refractivity contribution in [2.24, 2.45) is 0 Å². The Kier molecular flexibility index (Phi) is 7.01. The first-order valence-corrected chi connectivity index (χ1v) is 9.74. The molecule has 0 bridgehead atoms. The Morgan fingerprint density at radius 3 is 2.74 bits per heavy atom. The number of benzene rings is 1. The van der Waals surface area contributed by atoms with Gasteiger partial charge in [0.05, 0.1) is 12.6 Å². The van der Waals surface area contributed by atoms with E-state index in [2.05, 4.69) is 22.2 Å². The zero-order valence-electron chi connectivity index (χ0n) is 16.3. The van der Waals surface area contributed by atoms with Crippen molar-refractivity contribution in [2.75, 3.05) is 26.7 Å². The first-order valence-electron chi connectivity index (χ1n) is 9.74. The van der Waals surface area contributed by atoms with Gasteiger partial charge in [0, 0.05) is 32.3 Å². The van der Waals surface area contributed by atoms with E-state index < -0.39 is 0 Å². The number of nitrogens with zero attached hydrogens (tertiary/aromatic N) is 3. The molecule has 2 aromatic rings. The third-order valence-corrected chi connectivity index (χ3v) is 4.87. The minimum absolute atomic E-state index is 0.0904. The van der Waals surface area contributed by atoms with E-state index in [1.54, 1.807) is 11.0 Å². The highest BCUT2D eigenvalue weighted by atomic mass is 16.5. The van der Waals surface area contributed by atoms with Gasteiger partial charge < -0.3 is 14.2 Å². The van der Waals surface area contributed by atoms with Crippen LogP contribution in [-0.4, -0.2) is 53.7 Å². The van der Waals surface area contributed by atoms with Gasteiger partial charge in [-0.15, -0.1) is 0 Å². The molecule has 1 atom stereocenters. The van der Waals surface area contributed by atoms with E-state index in [4.69, 9.17) is 9.26 Å². The fourth-order valence-electron chi connectivity index (χ4n) is 3.42. The molecule has 1 aliphatic heterocycles. The summed E-state index contributed by atoms with van der Waals surface area (Å²) in [4.78, 5) is 16.7. The molecule has 0 N–H and O–H groups in total. The number of aromatic nitrogens is 1. The molecule has 2 heterocycles. The second-order valence-corrected chi connectivity index (χ2v) is 7.17. The van der Waals surface area contributed by atoms with Gasteiger partial charge in [0.15, 0.2) is 11.5 Å². The van der Waals surface area contributed by atoms with E-state index in [1.165, 1.54) is 5.56 Å². The van der Waals surface area contributed by atoms with Gasteiger partial charge >= 0.3 is 0 Å². The minimum Gasteiger partial charge on any atom is -0.376 e. The highest BCUT2D eigenvalue weighted by Crippen LogP contribution is 2.16. The number of carbonyl (C=O) groups excluding carboxylic acids is 1. The summed E-state index contributed by atoms with van der Waals surface area (Å²) in [5.41, 5.74) is 1.61. The molecule has 6 heteroatoms.